The highest BCUT2D eigenvalue weighted by molar-refractivity contribution is 6.16. The van der Waals surface area contributed by atoms with Gasteiger partial charge in [-0.1, -0.05) is 196 Å². The van der Waals surface area contributed by atoms with E-state index in [1.54, 1.807) is 0 Å². The first-order valence-corrected chi connectivity index (χ1v) is 22.6. The van der Waals surface area contributed by atoms with Gasteiger partial charge in [-0.05, 0) is 122 Å². The van der Waals surface area contributed by atoms with E-state index in [9.17, 15) is 0 Å². The topological polar surface area (TPSA) is 8.17 Å². The maximum absolute atomic E-state index is 2.46. The van der Waals surface area contributed by atoms with E-state index < -0.39 is 0 Å². The Labute approximate surface area is 381 Å². The van der Waals surface area contributed by atoms with Gasteiger partial charge >= 0.3 is 0 Å². The SMILES string of the molecule is CC1(C)c2ccccc2-c2ccc(N(c3ccc(-c4ccccc4)cc3)c3ccc(-c4ccccc4-n4c5ccccc5c5c(-c6cccc(-c7ccccc7)c6)cccc54)cc3)cc21. The van der Waals surface area contributed by atoms with Crippen LogP contribution in [0.25, 0.3) is 83.1 Å². The highest BCUT2D eigenvalue weighted by atomic mass is 15.1. The highest BCUT2D eigenvalue weighted by Crippen LogP contribution is 2.51. The fraction of sp³-hybridized carbons (Fsp3) is 0.0476. The summed E-state index contributed by atoms with van der Waals surface area (Å²) in [4.78, 5) is 2.41. The van der Waals surface area contributed by atoms with Gasteiger partial charge in [-0.3, -0.25) is 0 Å². The molecule has 2 heteroatoms. The summed E-state index contributed by atoms with van der Waals surface area (Å²) in [5, 5.41) is 2.50. The Kier molecular flexibility index (Phi) is 9.21. The van der Waals surface area contributed by atoms with Crippen LogP contribution in [0.4, 0.5) is 17.1 Å². The smallest absolute Gasteiger partial charge is 0.0547 e. The molecule has 11 aromatic rings. The Morgan fingerprint density at radius 3 is 1.58 bits per heavy atom. The summed E-state index contributed by atoms with van der Waals surface area (Å²) in [7, 11) is 0. The average molecular weight is 831 g/mol. The minimum absolute atomic E-state index is 0.113. The lowest BCUT2D eigenvalue weighted by atomic mass is 9.82. The van der Waals surface area contributed by atoms with Crippen molar-refractivity contribution < 1.29 is 0 Å². The van der Waals surface area contributed by atoms with Gasteiger partial charge in [-0.15, -0.1) is 0 Å². The molecule has 0 unspecified atom stereocenters. The van der Waals surface area contributed by atoms with Gasteiger partial charge in [-0.2, -0.15) is 0 Å². The minimum Gasteiger partial charge on any atom is -0.310 e. The van der Waals surface area contributed by atoms with Crippen molar-refractivity contribution in [3.63, 3.8) is 0 Å². The molecular formula is C63H46N2. The molecule has 0 bridgehead atoms. The Bertz CT molecular complexity index is 3540. The second-order valence-corrected chi connectivity index (χ2v) is 17.7. The zero-order valence-electron chi connectivity index (χ0n) is 36.5. The molecule has 0 amide bonds. The molecule has 308 valence electrons. The fourth-order valence-electron chi connectivity index (χ4n) is 10.4. The molecule has 0 radical (unpaired) electrons. The Morgan fingerprint density at radius 2 is 0.831 bits per heavy atom. The van der Waals surface area contributed by atoms with Crippen molar-refractivity contribution >= 4 is 38.9 Å². The molecule has 0 saturated heterocycles. The zero-order valence-corrected chi connectivity index (χ0v) is 36.5. The minimum atomic E-state index is -0.113. The zero-order chi connectivity index (χ0) is 43.5. The molecule has 0 fully saturated rings. The Morgan fingerprint density at radius 1 is 0.323 bits per heavy atom. The first kappa shape index (κ1) is 38.5. The van der Waals surface area contributed by atoms with Crippen LogP contribution < -0.4 is 4.90 Å². The third-order valence-corrected chi connectivity index (χ3v) is 13.6. The maximum atomic E-state index is 2.46. The predicted molar refractivity (Wildman–Crippen MR) is 275 cm³/mol. The van der Waals surface area contributed by atoms with E-state index in [1.165, 1.54) is 83.0 Å². The van der Waals surface area contributed by atoms with E-state index in [0.717, 1.165) is 28.3 Å². The highest BCUT2D eigenvalue weighted by Gasteiger charge is 2.35. The van der Waals surface area contributed by atoms with Gasteiger partial charge in [0.2, 0.25) is 0 Å². The van der Waals surface area contributed by atoms with Crippen molar-refractivity contribution in [3.8, 4) is 61.3 Å². The average Bonchev–Trinajstić information content (AvgIpc) is 3.83. The molecule has 1 aliphatic rings. The first-order valence-electron chi connectivity index (χ1n) is 22.6. The second-order valence-electron chi connectivity index (χ2n) is 17.7. The number of hydrogen-bond acceptors (Lipinski definition) is 1. The van der Waals surface area contributed by atoms with Crippen LogP contribution >= 0.6 is 0 Å². The number of rotatable bonds is 8. The van der Waals surface area contributed by atoms with Gasteiger partial charge in [-0.25, -0.2) is 0 Å². The normalized spacial score (nSPS) is 12.6. The summed E-state index contributed by atoms with van der Waals surface area (Å²) in [6, 6.07) is 88.8. The Balaban J connectivity index is 0.969. The predicted octanol–water partition coefficient (Wildman–Crippen LogP) is 17.2. The molecule has 0 aliphatic heterocycles. The van der Waals surface area contributed by atoms with Gasteiger partial charge in [0, 0.05) is 38.8 Å². The first-order chi connectivity index (χ1) is 32.0. The van der Waals surface area contributed by atoms with Crippen molar-refractivity contribution in [2.24, 2.45) is 0 Å². The Hall–Kier alpha value is -8.20. The molecule has 2 nitrogen and oxygen atoms in total. The summed E-state index contributed by atoms with van der Waals surface area (Å²) >= 11 is 0. The van der Waals surface area contributed by atoms with Crippen molar-refractivity contribution in [1.29, 1.82) is 0 Å². The quantitative estimate of drug-likeness (QED) is 0.148. The van der Waals surface area contributed by atoms with Crippen LogP contribution in [-0.2, 0) is 5.41 Å². The number of aromatic nitrogens is 1. The lowest BCUT2D eigenvalue weighted by Crippen LogP contribution is -2.16. The summed E-state index contributed by atoms with van der Waals surface area (Å²) in [5.41, 5.74) is 21.8. The molecule has 1 aromatic heterocycles. The van der Waals surface area contributed by atoms with E-state index in [4.69, 9.17) is 0 Å². The van der Waals surface area contributed by atoms with Crippen LogP contribution in [0.15, 0.2) is 243 Å². The molecule has 10 aromatic carbocycles. The number of para-hydroxylation sites is 2. The van der Waals surface area contributed by atoms with E-state index in [0.29, 0.717) is 0 Å². The van der Waals surface area contributed by atoms with Crippen LogP contribution in [-0.4, -0.2) is 4.57 Å². The summed E-state index contributed by atoms with van der Waals surface area (Å²) in [6.45, 7) is 4.71. The number of benzene rings is 10. The van der Waals surface area contributed by atoms with Gasteiger partial charge in [0.25, 0.3) is 0 Å². The van der Waals surface area contributed by atoms with Crippen molar-refractivity contribution in [3.05, 3.63) is 254 Å². The number of nitrogens with zero attached hydrogens (tertiary/aromatic N) is 2. The standard InChI is InChI=1S/C63H46N2/c1-63(2)57-27-12-9-24-54(57)55-40-39-51(42-58(55)63)64(49-35-31-45(32-36-49)43-17-5-3-6-18-43)50-37-33-46(34-38-50)52-23-10-13-28-59(52)65-60-29-14-11-25-56(60)62-53(26-16-30-61(62)65)48-22-15-21-47(41-48)44-19-7-4-8-20-44/h3-42H,1-2H3. The van der Waals surface area contributed by atoms with E-state index in [-0.39, 0.29) is 5.41 Å². The number of hydrogen-bond donors (Lipinski definition) is 0. The van der Waals surface area contributed by atoms with Gasteiger partial charge in [0.15, 0.2) is 0 Å². The lowest BCUT2D eigenvalue weighted by molar-refractivity contribution is 0.660. The summed E-state index contributed by atoms with van der Waals surface area (Å²) in [5.74, 6) is 0. The van der Waals surface area contributed by atoms with Gasteiger partial charge in [0.05, 0.1) is 16.7 Å². The summed E-state index contributed by atoms with van der Waals surface area (Å²) in [6.07, 6.45) is 0. The summed E-state index contributed by atoms with van der Waals surface area (Å²) < 4.78 is 2.46. The molecule has 1 aliphatic carbocycles. The van der Waals surface area contributed by atoms with Crippen LogP contribution in [0.3, 0.4) is 0 Å². The van der Waals surface area contributed by atoms with Crippen LogP contribution in [0, 0.1) is 0 Å². The third kappa shape index (κ3) is 6.49. The third-order valence-electron chi connectivity index (χ3n) is 13.6. The van der Waals surface area contributed by atoms with E-state index in [2.05, 4.69) is 266 Å². The number of anilines is 3. The molecule has 12 rings (SSSR count). The monoisotopic (exact) mass is 830 g/mol. The largest absolute Gasteiger partial charge is 0.310 e. The van der Waals surface area contributed by atoms with Crippen LogP contribution in [0.1, 0.15) is 25.0 Å². The van der Waals surface area contributed by atoms with Gasteiger partial charge in [0.1, 0.15) is 0 Å². The van der Waals surface area contributed by atoms with Crippen molar-refractivity contribution in [2.45, 2.75) is 19.3 Å². The van der Waals surface area contributed by atoms with E-state index in [1.807, 2.05) is 0 Å². The van der Waals surface area contributed by atoms with Crippen LogP contribution in [0.2, 0.25) is 0 Å². The molecule has 0 atom stereocenters. The fourth-order valence-corrected chi connectivity index (χ4v) is 10.4. The lowest BCUT2D eigenvalue weighted by Gasteiger charge is -2.28. The van der Waals surface area contributed by atoms with Crippen molar-refractivity contribution in [1.82, 2.24) is 4.57 Å². The van der Waals surface area contributed by atoms with Crippen molar-refractivity contribution in [2.75, 3.05) is 4.90 Å². The number of fused-ring (bicyclic) bond motifs is 6. The molecular weight excluding hydrogens is 785 g/mol. The van der Waals surface area contributed by atoms with Crippen LogP contribution in [0.5, 0.6) is 0 Å². The molecule has 0 spiro atoms. The van der Waals surface area contributed by atoms with E-state index >= 15 is 0 Å². The molecule has 1 heterocycles. The second kappa shape index (κ2) is 15.6. The molecule has 65 heavy (non-hydrogen) atoms. The van der Waals surface area contributed by atoms with Gasteiger partial charge < -0.3 is 9.47 Å². The molecule has 0 saturated carbocycles. The molecule has 0 N–H and O–H groups in total. The maximum Gasteiger partial charge on any atom is 0.0547 e.